The van der Waals surface area contributed by atoms with E-state index in [9.17, 15) is 0 Å². The van der Waals surface area contributed by atoms with Crippen LogP contribution in [-0.4, -0.2) is 22.9 Å². The molecule has 0 aromatic rings. The Balaban J connectivity index is 3.75. The second-order valence-corrected chi connectivity index (χ2v) is 15.6. The van der Waals surface area contributed by atoms with Crippen LogP contribution in [0.3, 0.4) is 0 Å². The second-order valence-electron chi connectivity index (χ2n) is 4.88. The number of hydrogen-bond donors (Lipinski definition) is 0. The molecule has 0 fully saturated rings. The molecule has 53 valence electrons. The van der Waals surface area contributed by atoms with E-state index in [0.29, 0.717) is 6.34 Å². The van der Waals surface area contributed by atoms with Crippen LogP contribution in [0.4, 0.5) is 0 Å². The van der Waals surface area contributed by atoms with E-state index >= 15 is 0 Å². The Morgan fingerprint density at radius 2 is 0.889 bits per heavy atom. The third-order valence-electron chi connectivity index (χ3n) is 0.866. The third kappa shape index (κ3) is 8.87. The molecule has 0 aliphatic heterocycles. The van der Waals surface area contributed by atoms with Gasteiger partial charge in [-0.1, -0.05) is 0 Å². The van der Waals surface area contributed by atoms with Gasteiger partial charge in [-0.2, -0.15) is 0 Å². The molecule has 0 saturated heterocycles. The van der Waals surface area contributed by atoms with E-state index in [1.165, 1.54) is 0 Å². The molecule has 0 bridgehead atoms. The van der Waals surface area contributed by atoms with Crippen LogP contribution < -0.4 is 0 Å². The van der Waals surface area contributed by atoms with E-state index in [0.717, 1.165) is 0 Å². The number of hydrogen-bond acceptors (Lipinski definition) is 0. The Morgan fingerprint density at radius 1 is 0.667 bits per heavy atom. The van der Waals surface area contributed by atoms with Crippen molar-refractivity contribution in [3.05, 3.63) is 0 Å². The van der Waals surface area contributed by atoms with Crippen molar-refractivity contribution < 1.29 is 0 Å². The van der Waals surface area contributed by atoms with Crippen molar-refractivity contribution >= 4 is 22.9 Å². The molecule has 1 heteroatoms. The van der Waals surface area contributed by atoms with Gasteiger partial charge in [-0.15, -0.1) is 0 Å². The summed E-state index contributed by atoms with van der Waals surface area (Å²) in [5, 5.41) is 0. The van der Waals surface area contributed by atoms with Crippen LogP contribution in [0.2, 0.25) is 6.34 Å². The number of rotatable bonds is 0. The first-order chi connectivity index (χ1) is 3.71. The molecule has 9 heavy (non-hydrogen) atoms. The Labute approximate surface area is 70.8 Å². The SMILES string of the molecule is C[C](C)(C)[In][C](C)(C)C. The van der Waals surface area contributed by atoms with E-state index in [1.54, 1.807) is 0 Å². The summed E-state index contributed by atoms with van der Waals surface area (Å²) in [4.78, 5) is 0. The fourth-order valence-corrected chi connectivity index (χ4v) is 8.71. The van der Waals surface area contributed by atoms with E-state index in [2.05, 4.69) is 41.5 Å². The quantitative estimate of drug-likeness (QED) is 0.598. The fraction of sp³-hybridized carbons (Fsp3) is 1.00. The van der Waals surface area contributed by atoms with Gasteiger partial charge in [0.15, 0.2) is 0 Å². The van der Waals surface area contributed by atoms with Gasteiger partial charge in [-0.3, -0.25) is 0 Å². The molecule has 1 radical (unpaired) electrons. The summed E-state index contributed by atoms with van der Waals surface area (Å²) in [6, 6.07) is 0. The van der Waals surface area contributed by atoms with Gasteiger partial charge in [-0.25, -0.2) is 0 Å². The maximum absolute atomic E-state index is 2.37. The van der Waals surface area contributed by atoms with Crippen LogP contribution in [-0.2, 0) is 0 Å². The average Bonchev–Trinajstić information content (AvgIpc) is 1.14. The van der Waals surface area contributed by atoms with Gasteiger partial charge in [0.2, 0.25) is 0 Å². The van der Waals surface area contributed by atoms with Crippen LogP contribution in [0.5, 0.6) is 0 Å². The first kappa shape index (κ1) is 9.87. The molecule has 0 aromatic carbocycles. The predicted molar refractivity (Wildman–Crippen MR) is 45.2 cm³/mol. The van der Waals surface area contributed by atoms with Crippen LogP contribution in [0.25, 0.3) is 0 Å². The van der Waals surface area contributed by atoms with Crippen LogP contribution in [0.1, 0.15) is 41.5 Å². The van der Waals surface area contributed by atoms with Crippen molar-refractivity contribution in [2.45, 2.75) is 47.9 Å². The second kappa shape index (κ2) is 2.86. The summed E-state index contributed by atoms with van der Waals surface area (Å²) in [7, 11) is 0. The minimum absolute atomic E-state index is 0.355. The van der Waals surface area contributed by atoms with Gasteiger partial charge < -0.3 is 0 Å². The molecule has 0 unspecified atom stereocenters. The molecule has 0 heterocycles. The standard InChI is InChI=1S/2C4H9.In/c2*1-4(2)3;/h2*1-3H3;. The zero-order valence-corrected chi connectivity index (χ0v) is 10.9. The maximum atomic E-state index is 2.37. The van der Waals surface area contributed by atoms with E-state index in [4.69, 9.17) is 0 Å². The van der Waals surface area contributed by atoms with Crippen molar-refractivity contribution in [1.29, 1.82) is 0 Å². The van der Waals surface area contributed by atoms with Gasteiger partial charge in [0.05, 0.1) is 0 Å². The van der Waals surface area contributed by atoms with Crippen LogP contribution in [0.15, 0.2) is 0 Å². The molecule has 0 atom stereocenters. The zero-order chi connectivity index (χ0) is 7.71. The molecule has 0 spiro atoms. The molecule has 0 nitrogen and oxygen atoms in total. The topological polar surface area (TPSA) is 0 Å². The van der Waals surface area contributed by atoms with Gasteiger partial charge in [0.1, 0.15) is 0 Å². The summed E-state index contributed by atoms with van der Waals surface area (Å²) in [5.74, 6) is 0. The van der Waals surface area contributed by atoms with Crippen LogP contribution >= 0.6 is 0 Å². The molecular weight excluding hydrogens is 211 g/mol. The first-order valence-electron chi connectivity index (χ1n) is 3.58. The molecule has 0 aromatic heterocycles. The Hall–Kier alpha value is 0.870. The molecule has 0 saturated carbocycles. The molecule has 0 aliphatic carbocycles. The van der Waals surface area contributed by atoms with Crippen molar-refractivity contribution in [3.63, 3.8) is 0 Å². The molecule has 0 aliphatic rings. The summed E-state index contributed by atoms with van der Waals surface area (Å²) in [5.41, 5.74) is 0. The molecule has 0 amide bonds. The monoisotopic (exact) mass is 229 g/mol. The van der Waals surface area contributed by atoms with Gasteiger partial charge in [-0.05, 0) is 0 Å². The van der Waals surface area contributed by atoms with Gasteiger partial charge in [0, 0.05) is 0 Å². The zero-order valence-electron chi connectivity index (χ0n) is 7.58. The first-order valence-corrected chi connectivity index (χ1v) is 6.87. The van der Waals surface area contributed by atoms with Gasteiger partial charge in [0.25, 0.3) is 0 Å². The van der Waals surface area contributed by atoms with Crippen molar-refractivity contribution in [3.8, 4) is 0 Å². The third-order valence-corrected chi connectivity index (χ3v) is 5.81. The minimum atomic E-state index is -0.355. The van der Waals surface area contributed by atoms with E-state index in [1.807, 2.05) is 0 Å². The Kier molecular flexibility index (Phi) is 3.13. The molecular formula is C8H18In. The molecule has 0 rings (SSSR count). The average molecular weight is 229 g/mol. The van der Waals surface area contributed by atoms with Crippen molar-refractivity contribution in [1.82, 2.24) is 0 Å². The van der Waals surface area contributed by atoms with Gasteiger partial charge >= 0.3 is 70.8 Å². The normalized spacial score (nSPS) is 13.6. The van der Waals surface area contributed by atoms with E-state index < -0.39 is 0 Å². The van der Waals surface area contributed by atoms with E-state index in [-0.39, 0.29) is 22.9 Å². The fourth-order valence-electron chi connectivity index (χ4n) is 1.30. The van der Waals surface area contributed by atoms with Crippen LogP contribution in [0, 0.1) is 0 Å². The summed E-state index contributed by atoms with van der Waals surface area (Å²) in [6.07, 6.45) is 0. The summed E-state index contributed by atoms with van der Waals surface area (Å²) in [6.45, 7) is 14.2. The Morgan fingerprint density at radius 3 is 0.889 bits per heavy atom. The summed E-state index contributed by atoms with van der Waals surface area (Å²) >= 11 is -0.355. The predicted octanol–water partition coefficient (Wildman–Crippen LogP) is 3.13. The van der Waals surface area contributed by atoms with Crippen molar-refractivity contribution in [2.24, 2.45) is 0 Å². The van der Waals surface area contributed by atoms with Crippen molar-refractivity contribution in [2.75, 3.05) is 0 Å². The Bertz CT molecular complexity index is 69.7. The molecule has 0 N–H and O–H groups in total. The summed E-state index contributed by atoms with van der Waals surface area (Å²) < 4.78 is 1.35.